The number of benzene rings is 2. The van der Waals surface area contributed by atoms with Crippen LogP contribution in [-0.4, -0.2) is 32.9 Å². The second kappa shape index (κ2) is 10.1. The Morgan fingerprint density at radius 1 is 1.00 bits per heavy atom. The fourth-order valence-corrected chi connectivity index (χ4v) is 4.96. The SMILES string of the molecule is CC1CCCC(C)N1Cc1ccc2cc(NC(=O)c3ccc(-c4ccc(Cl)cc4)nc3)ccc2n1. The Kier molecular flexibility index (Phi) is 6.80. The molecule has 1 saturated heterocycles. The summed E-state index contributed by atoms with van der Waals surface area (Å²) in [6.07, 6.45) is 5.40. The smallest absolute Gasteiger partial charge is 0.257 e. The zero-order valence-electron chi connectivity index (χ0n) is 20.0. The van der Waals surface area contributed by atoms with Crippen LogP contribution >= 0.6 is 11.6 Å². The Labute approximate surface area is 211 Å². The Morgan fingerprint density at radius 3 is 2.49 bits per heavy atom. The minimum atomic E-state index is -0.197. The molecular weight excluding hydrogens is 456 g/mol. The van der Waals surface area contributed by atoms with Gasteiger partial charge >= 0.3 is 0 Å². The first-order valence-electron chi connectivity index (χ1n) is 12.1. The summed E-state index contributed by atoms with van der Waals surface area (Å²) in [4.78, 5) is 24.7. The van der Waals surface area contributed by atoms with Crippen LogP contribution in [0.4, 0.5) is 5.69 Å². The van der Waals surface area contributed by atoms with E-state index in [-0.39, 0.29) is 5.91 Å². The van der Waals surface area contributed by atoms with Gasteiger partial charge in [0, 0.05) is 46.5 Å². The van der Waals surface area contributed by atoms with E-state index in [4.69, 9.17) is 16.6 Å². The van der Waals surface area contributed by atoms with E-state index in [1.807, 2.05) is 48.5 Å². The zero-order chi connectivity index (χ0) is 24.4. The highest BCUT2D eigenvalue weighted by Crippen LogP contribution is 2.26. The summed E-state index contributed by atoms with van der Waals surface area (Å²) in [5.74, 6) is -0.197. The van der Waals surface area contributed by atoms with Crippen molar-refractivity contribution < 1.29 is 4.79 Å². The fourth-order valence-electron chi connectivity index (χ4n) is 4.83. The number of likely N-dealkylation sites (tertiary alicyclic amines) is 1. The maximum Gasteiger partial charge on any atom is 0.257 e. The Balaban J connectivity index is 1.27. The van der Waals surface area contributed by atoms with Crippen LogP contribution in [0.25, 0.3) is 22.2 Å². The topological polar surface area (TPSA) is 58.1 Å². The third-order valence-electron chi connectivity index (χ3n) is 6.89. The predicted molar refractivity (Wildman–Crippen MR) is 143 cm³/mol. The van der Waals surface area contributed by atoms with Crippen molar-refractivity contribution in [3.8, 4) is 11.3 Å². The van der Waals surface area contributed by atoms with Gasteiger partial charge in [0.05, 0.1) is 22.5 Å². The molecule has 1 aliphatic heterocycles. The van der Waals surface area contributed by atoms with E-state index in [0.29, 0.717) is 22.7 Å². The summed E-state index contributed by atoms with van der Waals surface area (Å²) in [6.45, 7) is 5.49. The number of rotatable bonds is 5. The van der Waals surface area contributed by atoms with Crippen molar-refractivity contribution in [3.63, 3.8) is 0 Å². The molecule has 6 heteroatoms. The van der Waals surface area contributed by atoms with Crippen molar-refractivity contribution in [2.24, 2.45) is 0 Å². The fraction of sp³-hybridized carbons (Fsp3) is 0.276. The first-order chi connectivity index (χ1) is 17.0. The molecule has 0 bridgehead atoms. The van der Waals surface area contributed by atoms with Crippen LogP contribution < -0.4 is 5.32 Å². The van der Waals surface area contributed by atoms with E-state index in [1.165, 1.54) is 19.3 Å². The minimum Gasteiger partial charge on any atom is -0.322 e. The predicted octanol–water partition coefficient (Wildman–Crippen LogP) is 6.97. The molecule has 2 aromatic heterocycles. The highest BCUT2D eigenvalue weighted by atomic mass is 35.5. The van der Waals surface area contributed by atoms with E-state index >= 15 is 0 Å². The maximum absolute atomic E-state index is 12.8. The second-order valence-corrected chi connectivity index (χ2v) is 9.84. The lowest BCUT2D eigenvalue weighted by atomic mass is 9.97. The first-order valence-corrected chi connectivity index (χ1v) is 12.5. The lowest BCUT2D eigenvalue weighted by Crippen LogP contribution is -2.43. The summed E-state index contributed by atoms with van der Waals surface area (Å²) < 4.78 is 0. The summed E-state index contributed by atoms with van der Waals surface area (Å²) in [5, 5.41) is 4.66. The van der Waals surface area contributed by atoms with Crippen molar-refractivity contribution >= 4 is 34.1 Å². The maximum atomic E-state index is 12.8. The molecule has 0 spiro atoms. The molecule has 35 heavy (non-hydrogen) atoms. The first kappa shape index (κ1) is 23.5. The summed E-state index contributed by atoms with van der Waals surface area (Å²) in [5.41, 5.74) is 5.00. The van der Waals surface area contributed by atoms with Gasteiger partial charge in [-0.15, -0.1) is 0 Å². The van der Waals surface area contributed by atoms with Crippen LogP contribution in [0.1, 0.15) is 49.2 Å². The summed E-state index contributed by atoms with van der Waals surface area (Å²) in [7, 11) is 0. The average Bonchev–Trinajstić information content (AvgIpc) is 2.87. The molecular formula is C29H29ClN4O. The van der Waals surface area contributed by atoms with Gasteiger partial charge in [-0.25, -0.2) is 0 Å². The Morgan fingerprint density at radius 2 is 1.77 bits per heavy atom. The molecule has 5 nitrogen and oxygen atoms in total. The molecule has 0 aliphatic carbocycles. The van der Waals surface area contributed by atoms with Crippen molar-refractivity contribution in [1.29, 1.82) is 0 Å². The number of hydrogen-bond acceptors (Lipinski definition) is 4. The van der Waals surface area contributed by atoms with E-state index in [2.05, 4.69) is 41.2 Å². The van der Waals surface area contributed by atoms with Crippen LogP contribution in [0, 0.1) is 0 Å². The third-order valence-corrected chi connectivity index (χ3v) is 7.14. The number of pyridine rings is 2. The molecule has 0 saturated carbocycles. The van der Waals surface area contributed by atoms with Crippen LogP contribution in [0.3, 0.4) is 0 Å². The number of piperidine rings is 1. The molecule has 2 atom stereocenters. The molecule has 2 aromatic carbocycles. The lowest BCUT2D eigenvalue weighted by molar-refractivity contribution is 0.0939. The number of nitrogens with one attached hydrogen (secondary N) is 1. The molecule has 1 aliphatic rings. The molecule has 178 valence electrons. The van der Waals surface area contributed by atoms with Crippen molar-refractivity contribution in [1.82, 2.24) is 14.9 Å². The average molecular weight is 485 g/mol. The standard InChI is InChI=1S/C29H29ClN4O/c1-19-4-3-5-20(2)34(19)18-26-12-8-22-16-25(13-15-28(22)32-26)33-29(35)23-9-14-27(31-17-23)21-6-10-24(30)11-7-21/h6-17,19-20H,3-5,18H2,1-2H3,(H,33,35). The number of hydrogen-bond donors (Lipinski definition) is 1. The number of carbonyl (C=O) groups is 1. The monoisotopic (exact) mass is 484 g/mol. The number of amides is 1. The van der Waals surface area contributed by atoms with Gasteiger partial charge in [0.1, 0.15) is 0 Å². The van der Waals surface area contributed by atoms with Crippen LogP contribution in [-0.2, 0) is 6.54 Å². The molecule has 3 heterocycles. The third kappa shape index (κ3) is 5.37. The zero-order valence-corrected chi connectivity index (χ0v) is 20.8. The quantitative estimate of drug-likeness (QED) is 0.332. The molecule has 2 unspecified atom stereocenters. The van der Waals surface area contributed by atoms with Crippen molar-refractivity contribution in [3.05, 3.63) is 89.2 Å². The Bertz CT molecular complexity index is 1330. The summed E-state index contributed by atoms with van der Waals surface area (Å²) >= 11 is 5.96. The number of nitrogens with zero attached hydrogens (tertiary/aromatic N) is 3. The highest BCUT2D eigenvalue weighted by Gasteiger charge is 2.24. The van der Waals surface area contributed by atoms with Gasteiger partial charge in [-0.05, 0) is 75.2 Å². The molecule has 0 radical (unpaired) electrons. The van der Waals surface area contributed by atoms with E-state index in [1.54, 1.807) is 12.3 Å². The van der Waals surface area contributed by atoms with Gasteiger partial charge in [0.25, 0.3) is 5.91 Å². The molecule has 4 aromatic rings. The van der Waals surface area contributed by atoms with E-state index in [0.717, 1.165) is 40.1 Å². The molecule has 1 amide bonds. The molecule has 1 N–H and O–H groups in total. The van der Waals surface area contributed by atoms with Gasteiger partial charge in [0.15, 0.2) is 0 Å². The summed E-state index contributed by atoms with van der Waals surface area (Å²) in [6, 6.07) is 22.3. The largest absolute Gasteiger partial charge is 0.322 e. The molecule has 5 rings (SSSR count). The Hall–Kier alpha value is -3.28. The number of halogens is 1. The van der Waals surface area contributed by atoms with Crippen LogP contribution in [0.2, 0.25) is 5.02 Å². The van der Waals surface area contributed by atoms with E-state index < -0.39 is 0 Å². The number of anilines is 1. The number of fused-ring (bicyclic) bond motifs is 1. The lowest BCUT2D eigenvalue weighted by Gasteiger charge is -2.38. The van der Waals surface area contributed by atoms with Crippen LogP contribution in [0.15, 0.2) is 72.9 Å². The van der Waals surface area contributed by atoms with Gasteiger partial charge < -0.3 is 5.32 Å². The molecule has 1 fully saturated rings. The highest BCUT2D eigenvalue weighted by molar-refractivity contribution is 6.30. The van der Waals surface area contributed by atoms with Gasteiger partial charge in [0.2, 0.25) is 0 Å². The van der Waals surface area contributed by atoms with Crippen LogP contribution in [0.5, 0.6) is 0 Å². The normalized spacial score (nSPS) is 18.5. The van der Waals surface area contributed by atoms with Gasteiger partial charge in [-0.2, -0.15) is 0 Å². The second-order valence-electron chi connectivity index (χ2n) is 9.40. The number of carbonyl (C=O) groups excluding carboxylic acids is 1. The van der Waals surface area contributed by atoms with Crippen molar-refractivity contribution in [2.45, 2.75) is 51.7 Å². The van der Waals surface area contributed by atoms with Crippen molar-refractivity contribution in [2.75, 3.05) is 5.32 Å². The minimum absolute atomic E-state index is 0.197. The van der Waals surface area contributed by atoms with E-state index in [9.17, 15) is 4.79 Å². The van der Waals surface area contributed by atoms with Gasteiger partial charge in [-0.3, -0.25) is 19.7 Å². The van der Waals surface area contributed by atoms with Gasteiger partial charge in [-0.1, -0.05) is 36.2 Å². The number of aromatic nitrogens is 2.